The lowest BCUT2D eigenvalue weighted by molar-refractivity contribution is 0.624. The number of anilines is 2. The molecule has 0 spiro atoms. The molecular formula is C16H14BrFN2S. The monoisotopic (exact) mass is 364 g/mol. The van der Waals surface area contributed by atoms with Crippen molar-refractivity contribution in [2.24, 2.45) is 0 Å². The molecule has 0 radical (unpaired) electrons. The van der Waals surface area contributed by atoms with Crippen molar-refractivity contribution in [2.45, 2.75) is 13.0 Å². The molecule has 5 heteroatoms. The van der Waals surface area contributed by atoms with Gasteiger partial charge in [0.25, 0.3) is 0 Å². The van der Waals surface area contributed by atoms with E-state index in [2.05, 4.69) is 28.2 Å². The first-order valence-corrected chi connectivity index (χ1v) is 7.89. The summed E-state index contributed by atoms with van der Waals surface area (Å²) in [6.45, 7) is 2.79. The molecule has 0 amide bonds. The summed E-state index contributed by atoms with van der Waals surface area (Å²) in [5, 5.41) is 3.42. The molecule has 21 heavy (non-hydrogen) atoms. The Bertz CT molecular complexity index is 704. The fourth-order valence-electron chi connectivity index (χ4n) is 2.51. The Morgan fingerprint density at radius 1 is 1.33 bits per heavy atom. The van der Waals surface area contributed by atoms with Crippen molar-refractivity contribution in [3.05, 3.63) is 58.3 Å². The average molecular weight is 365 g/mol. The van der Waals surface area contributed by atoms with Crippen LogP contribution in [0, 0.1) is 5.82 Å². The van der Waals surface area contributed by atoms with Crippen molar-refractivity contribution < 1.29 is 4.39 Å². The number of fused-ring (bicyclic) bond motifs is 1. The van der Waals surface area contributed by atoms with E-state index >= 15 is 0 Å². The predicted molar refractivity (Wildman–Crippen MR) is 92.7 cm³/mol. The average Bonchev–Trinajstić information content (AvgIpc) is 2.47. The van der Waals surface area contributed by atoms with Crippen LogP contribution < -0.4 is 10.2 Å². The molecule has 2 nitrogen and oxygen atoms in total. The maximum absolute atomic E-state index is 14.0. The fraction of sp³-hybridized carbons (Fsp3) is 0.188. The lowest BCUT2D eigenvalue weighted by atomic mass is 10.1. The van der Waals surface area contributed by atoms with Crippen LogP contribution in [0.3, 0.4) is 0 Å². The summed E-state index contributed by atoms with van der Waals surface area (Å²) >= 11 is 9.02. The Morgan fingerprint density at radius 3 is 2.86 bits per heavy atom. The molecule has 1 aliphatic heterocycles. The second-order valence-corrected chi connectivity index (χ2v) is 6.40. The summed E-state index contributed by atoms with van der Waals surface area (Å²) in [5.41, 5.74) is 2.44. The molecule has 1 heterocycles. The van der Waals surface area contributed by atoms with E-state index in [1.54, 1.807) is 18.2 Å². The van der Waals surface area contributed by atoms with Crippen LogP contribution in [0.5, 0.6) is 0 Å². The summed E-state index contributed by atoms with van der Waals surface area (Å²) < 4.78 is 15.0. The number of halogens is 2. The van der Waals surface area contributed by atoms with E-state index in [1.165, 1.54) is 6.07 Å². The molecule has 1 aliphatic rings. The molecule has 0 fully saturated rings. The Hall–Kier alpha value is -1.46. The van der Waals surface area contributed by atoms with Gasteiger partial charge in [0.2, 0.25) is 0 Å². The van der Waals surface area contributed by atoms with Gasteiger partial charge in [0.15, 0.2) is 0 Å². The zero-order chi connectivity index (χ0) is 15.0. The second kappa shape index (κ2) is 5.73. The van der Waals surface area contributed by atoms with Crippen molar-refractivity contribution in [1.82, 2.24) is 0 Å². The van der Waals surface area contributed by atoms with Crippen molar-refractivity contribution in [1.29, 1.82) is 0 Å². The van der Waals surface area contributed by atoms with E-state index < -0.39 is 0 Å². The molecule has 2 aromatic rings. The quantitative estimate of drug-likeness (QED) is 0.745. The van der Waals surface area contributed by atoms with E-state index in [4.69, 9.17) is 12.2 Å². The Kier molecular flexibility index (Phi) is 3.95. The van der Waals surface area contributed by atoms with E-state index in [0.717, 1.165) is 15.8 Å². The number of hydrogen-bond acceptors (Lipinski definition) is 2. The van der Waals surface area contributed by atoms with Crippen LogP contribution >= 0.6 is 28.1 Å². The highest BCUT2D eigenvalue weighted by Gasteiger charge is 2.25. The summed E-state index contributed by atoms with van der Waals surface area (Å²) in [7, 11) is 0. The highest BCUT2D eigenvalue weighted by atomic mass is 79.9. The van der Waals surface area contributed by atoms with Crippen LogP contribution in [0.15, 0.2) is 46.9 Å². The maximum Gasteiger partial charge on any atom is 0.133 e. The second-order valence-electron chi connectivity index (χ2n) is 5.10. The lowest BCUT2D eigenvalue weighted by Gasteiger charge is -2.36. The van der Waals surface area contributed by atoms with Crippen LogP contribution in [0.2, 0.25) is 0 Å². The third-order valence-corrected chi connectivity index (χ3v) is 4.39. The number of hydrogen-bond donors (Lipinski definition) is 1. The van der Waals surface area contributed by atoms with E-state index in [9.17, 15) is 4.39 Å². The molecule has 1 unspecified atom stereocenters. The smallest absolute Gasteiger partial charge is 0.133 e. The molecule has 0 bridgehead atoms. The number of thiocarbonyl (C=S) groups is 1. The third kappa shape index (κ3) is 2.80. The van der Waals surface area contributed by atoms with Crippen molar-refractivity contribution in [2.75, 3.05) is 16.8 Å². The van der Waals surface area contributed by atoms with Gasteiger partial charge < -0.3 is 10.2 Å². The first-order valence-electron chi connectivity index (χ1n) is 6.69. The normalized spacial score (nSPS) is 17.1. The van der Waals surface area contributed by atoms with Crippen LogP contribution in [-0.4, -0.2) is 17.6 Å². The summed E-state index contributed by atoms with van der Waals surface area (Å²) in [6, 6.07) is 12.9. The molecule has 1 atom stereocenters. The van der Waals surface area contributed by atoms with Gasteiger partial charge in [0.1, 0.15) is 10.8 Å². The van der Waals surface area contributed by atoms with Gasteiger partial charge in [-0.1, -0.05) is 40.3 Å². The minimum Gasteiger partial charge on any atom is -0.379 e. The van der Waals surface area contributed by atoms with E-state index in [0.29, 0.717) is 17.1 Å². The van der Waals surface area contributed by atoms with Gasteiger partial charge in [0, 0.05) is 22.6 Å². The molecule has 0 aromatic heterocycles. The zero-order valence-electron chi connectivity index (χ0n) is 11.4. The molecule has 3 rings (SSSR count). The van der Waals surface area contributed by atoms with E-state index in [1.807, 2.05) is 23.1 Å². The number of rotatable bonds is 1. The van der Waals surface area contributed by atoms with Crippen LogP contribution in [0.4, 0.5) is 15.8 Å². The Balaban J connectivity index is 2.05. The number of nitrogens with one attached hydrogen (secondary N) is 1. The molecule has 0 saturated carbocycles. The predicted octanol–water partition coefficient (Wildman–Crippen LogP) is 4.58. The largest absolute Gasteiger partial charge is 0.379 e. The van der Waals surface area contributed by atoms with Gasteiger partial charge in [-0.15, -0.1) is 0 Å². The first kappa shape index (κ1) is 14.5. The van der Waals surface area contributed by atoms with Crippen LogP contribution in [0.25, 0.3) is 0 Å². The molecule has 0 saturated heterocycles. The standard InChI is InChI=1S/C16H14BrFN2S/c1-10-9-20(15-8-11(17)6-7-14(15)19-10)16(21)12-4-2-3-5-13(12)18/h2-8,10,19H,9H2,1H3. The van der Waals surface area contributed by atoms with Crippen molar-refractivity contribution >= 4 is 44.5 Å². The summed E-state index contributed by atoms with van der Waals surface area (Å²) in [5.74, 6) is -0.287. The zero-order valence-corrected chi connectivity index (χ0v) is 13.8. The summed E-state index contributed by atoms with van der Waals surface area (Å²) in [4.78, 5) is 2.51. The van der Waals surface area contributed by atoms with Crippen LogP contribution in [-0.2, 0) is 0 Å². The minimum atomic E-state index is -0.287. The number of nitrogens with zero attached hydrogens (tertiary/aromatic N) is 1. The van der Waals surface area contributed by atoms with Crippen molar-refractivity contribution in [3.63, 3.8) is 0 Å². The molecule has 2 aromatic carbocycles. The number of benzene rings is 2. The van der Waals surface area contributed by atoms with Gasteiger partial charge in [-0.25, -0.2) is 4.39 Å². The highest BCUT2D eigenvalue weighted by Crippen LogP contribution is 2.34. The molecular weight excluding hydrogens is 351 g/mol. The van der Waals surface area contributed by atoms with Crippen molar-refractivity contribution in [3.8, 4) is 0 Å². The van der Waals surface area contributed by atoms with Gasteiger partial charge in [0.05, 0.1) is 11.4 Å². The molecule has 1 N–H and O–H groups in total. The minimum absolute atomic E-state index is 0.239. The molecule has 0 aliphatic carbocycles. The van der Waals surface area contributed by atoms with Crippen LogP contribution in [0.1, 0.15) is 12.5 Å². The third-order valence-electron chi connectivity index (χ3n) is 3.46. The Labute approximate surface area is 137 Å². The highest BCUT2D eigenvalue weighted by molar-refractivity contribution is 9.10. The Morgan fingerprint density at radius 2 is 2.10 bits per heavy atom. The SMILES string of the molecule is CC1CN(C(=S)c2ccccc2F)c2cc(Br)ccc2N1. The fourth-order valence-corrected chi connectivity index (χ4v) is 3.19. The van der Waals surface area contributed by atoms with Gasteiger partial charge in [-0.2, -0.15) is 0 Å². The topological polar surface area (TPSA) is 15.3 Å². The lowest BCUT2D eigenvalue weighted by Crippen LogP contribution is -2.43. The van der Waals surface area contributed by atoms with Gasteiger partial charge in [-0.05, 0) is 37.3 Å². The van der Waals surface area contributed by atoms with Gasteiger partial charge in [-0.3, -0.25) is 0 Å². The first-order chi connectivity index (χ1) is 10.1. The van der Waals surface area contributed by atoms with E-state index in [-0.39, 0.29) is 11.9 Å². The molecule has 108 valence electrons. The summed E-state index contributed by atoms with van der Waals surface area (Å²) in [6.07, 6.45) is 0. The maximum atomic E-state index is 14.0. The van der Waals surface area contributed by atoms with Gasteiger partial charge >= 0.3 is 0 Å².